The quantitative estimate of drug-likeness (QED) is 0.655. The van der Waals surface area contributed by atoms with Gasteiger partial charge >= 0.3 is 0 Å². The van der Waals surface area contributed by atoms with Crippen molar-refractivity contribution < 1.29 is 4.79 Å². The Labute approximate surface area is 91.6 Å². The first-order valence-corrected chi connectivity index (χ1v) is 4.70. The largest absolute Gasteiger partial charge is 0.379 e. The van der Waals surface area contributed by atoms with E-state index in [0.29, 0.717) is 28.8 Å². The van der Waals surface area contributed by atoms with Crippen molar-refractivity contribution in [2.45, 2.75) is 0 Å². The second-order valence-electron chi connectivity index (χ2n) is 3.21. The Kier molecular flexibility index (Phi) is 2.55. The molecule has 4 N–H and O–H groups in total. The molecule has 0 saturated heterocycles. The first kappa shape index (κ1) is 10.2. The molecule has 6 heteroatoms. The van der Waals surface area contributed by atoms with Crippen LogP contribution in [-0.4, -0.2) is 27.6 Å². The van der Waals surface area contributed by atoms with Crippen LogP contribution in [-0.2, 0) is 0 Å². The Morgan fingerprint density at radius 1 is 1.62 bits per heavy atom. The normalized spacial score (nSPS) is 10.2. The van der Waals surface area contributed by atoms with Crippen molar-refractivity contribution in [3.05, 3.63) is 30.6 Å². The smallest absolute Gasteiger partial charge is 0.252 e. The number of primary amides is 1. The van der Waals surface area contributed by atoms with E-state index < -0.39 is 5.91 Å². The van der Waals surface area contributed by atoms with E-state index in [4.69, 9.17) is 5.73 Å². The number of hydrogen-bond acceptors (Lipinski definition) is 4. The third-order valence-electron chi connectivity index (χ3n) is 2.16. The second kappa shape index (κ2) is 4.01. The van der Waals surface area contributed by atoms with Crippen molar-refractivity contribution in [2.24, 2.45) is 5.73 Å². The Hall–Kier alpha value is -2.37. The number of aromatic nitrogens is 3. The summed E-state index contributed by atoms with van der Waals surface area (Å²) in [6, 6.07) is 0. The fourth-order valence-corrected chi connectivity index (χ4v) is 1.44. The number of nitrogens with one attached hydrogen (secondary N) is 2. The molecule has 0 radical (unpaired) electrons. The van der Waals surface area contributed by atoms with E-state index in [1.165, 1.54) is 6.20 Å². The van der Waals surface area contributed by atoms with Gasteiger partial charge in [-0.05, 0) is 0 Å². The fraction of sp³-hybridized carbons (Fsp3) is 0.100. The molecule has 0 fully saturated rings. The van der Waals surface area contributed by atoms with Gasteiger partial charge in [-0.25, -0.2) is 0 Å². The van der Waals surface area contributed by atoms with E-state index in [9.17, 15) is 4.79 Å². The van der Waals surface area contributed by atoms with Crippen LogP contribution in [0.15, 0.2) is 25.0 Å². The summed E-state index contributed by atoms with van der Waals surface area (Å²) in [6.45, 7) is 4.12. The first-order valence-electron chi connectivity index (χ1n) is 4.70. The summed E-state index contributed by atoms with van der Waals surface area (Å²) in [5.41, 5.74) is 7.55. The number of hydrogen-bond donors (Lipinski definition) is 3. The van der Waals surface area contributed by atoms with Crippen LogP contribution in [0.5, 0.6) is 0 Å². The van der Waals surface area contributed by atoms with Crippen LogP contribution in [0.4, 0.5) is 5.69 Å². The fourth-order valence-electron chi connectivity index (χ4n) is 1.44. The van der Waals surface area contributed by atoms with Gasteiger partial charge in [-0.3, -0.25) is 14.9 Å². The number of fused-ring (bicyclic) bond motifs is 1. The average Bonchev–Trinajstić information content (AvgIpc) is 2.73. The lowest BCUT2D eigenvalue weighted by Gasteiger charge is -2.08. The third-order valence-corrected chi connectivity index (χ3v) is 2.16. The molecule has 6 nitrogen and oxygen atoms in total. The summed E-state index contributed by atoms with van der Waals surface area (Å²) in [7, 11) is 0. The number of amides is 1. The van der Waals surface area contributed by atoms with Crippen molar-refractivity contribution in [1.82, 2.24) is 15.2 Å². The van der Waals surface area contributed by atoms with Crippen molar-refractivity contribution in [1.29, 1.82) is 0 Å². The van der Waals surface area contributed by atoms with Crippen molar-refractivity contribution in [3.63, 3.8) is 0 Å². The van der Waals surface area contributed by atoms with Crippen LogP contribution in [0.25, 0.3) is 11.0 Å². The highest BCUT2D eigenvalue weighted by Crippen LogP contribution is 2.23. The Morgan fingerprint density at radius 2 is 2.44 bits per heavy atom. The molecule has 2 rings (SSSR count). The van der Waals surface area contributed by atoms with Gasteiger partial charge in [0.2, 0.25) is 0 Å². The maximum Gasteiger partial charge on any atom is 0.252 e. The molecule has 2 aromatic heterocycles. The molecule has 0 aromatic carbocycles. The van der Waals surface area contributed by atoms with Gasteiger partial charge in [0.1, 0.15) is 11.0 Å². The van der Waals surface area contributed by atoms with Crippen LogP contribution in [0.3, 0.4) is 0 Å². The lowest BCUT2D eigenvalue weighted by molar-refractivity contribution is 0.100. The summed E-state index contributed by atoms with van der Waals surface area (Å²) >= 11 is 0. The zero-order valence-electron chi connectivity index (χ0n) is 8.53. The molecule has 2 aromatic rings. The number of rotatable bonds is 4. The van der Waals surface area contributed by atoms with Crippen LogP contribution in [0.1, 0.15) is 10.4 Å². The van der Waals surface area contributed by atoms with Gasteiger partial charge in [0.15, 0.2) is 0 Å². The van der Waals surface area contributed by atoms with Gasteiger partial charge in [-0.15, -0.1) is 6.58 Å². The lowest BCUT2D eigenvalue weighted by Crippen LogP contribution is -2.15. The SMILES string of the molecule is C=CCNc1c(C(N)=O)cnc2cn[nH]c12. The van der Waals surface area contributed by atoms with Crippen LogP contribution in [0, 0.1) is 0 Å². The minimum Gasteiger partial charge on any atom is -0.379 e. The zero-order chi connectivity index (χ0) is 11.5. The maximum absolute atomic E-state index is 11.2. The first-order chi connectivity index (χ1) is 7.74. The lowest BCUT2D eigenvalue weighted by atomic mass is 10.2. The molecule has 0 aliphatic carbocycles. The van der Waals surface area contributed by atoms with E-state index in [-0.39, 0.29) is 0 Å². The standard InChI is InChI=1S/C10H11N5O/c1-2-3-12-8-6(10(11)16)4-13-7-5-14-15-9(7)8/h2,4-5H,1,3H2,(H2,11,16)(H,12,13)(H,14,15). The van der Waals surface area contributed by atoms with E-state index >= 15 is 0 Å². The summed E-state index contributed by atoms with van der Waals surface area (Å²) in [5.74, 6) is -0.532. The molecule has 1 amide bonds. The minimum absolute atomic E-state index is 0.332. The highest BCUT2D eigenvalue weighted by molar-refractivity contribution is 6.05. The molecule has 0 saturated carbocycles. The predicted molar refractivity (Wildman–Crippen MR) is 61.1 cm³/mol. The number of carbonyl (C=O) groups excluding carboxylic acids is 1. The number of aromatic amines is 1. The Balaban J connectivity index is 2.60. The van der Waals surface area contributed by atoms with Gasteiger partial charge in [-0.1, -0.05) is 6.08 Å². The van der Waals surface area contributed by atoms with Crippen LogP contribution in [0.2, 0.25) is 0 Å². The monoisotopic (exact) mass is 217 g/mol. The summed E-state index contributed by atoms with van der Waals surface area (Å²) in [4.78, 5) is 15.3. The Bertz CT molecular complexity index is 545. The summed E-state index contributed by atoms with van der Waals surface area (Å²) in [5, 5.41) is 9.68. The number of H-pyrrole nitrogens is 1. The number of carbonyl (C=O) groups is 1. The number of pyridine rings is 1. The number of anilines is 1. The highest BCUT2D eigenvalue weighted by atomic mass is 16.1. The average molecular weight is 217 g/mol. The topological polar surface area (TPSA) is 96.7 Å². The minimum atomic E-state index is -0.532. The summed E-state index contributed by atoms with van der Waals surface area (Å²) < 4.78 is 0. The third kappa shape index (κ3) is 1.60. The number of nitrogens with two attached hydrogens (primary N) is 1. The molecule has 0 unspecified atom stereocenters. The molecule has 16 heavy (non-hydrogen) atoms. The van der Waals surface area contributed by atoms with E-state index in [1.54, 1.807) is 12.3 Å². The second-order valence-corrected chi connectivity index (χ2v) is 3.21. The number of nitrogens with zero attached hydrogens (tertiary/aromatic N) is 2. The highest BCUT2D eigenvalue weighted by Gasteiger charge is 2.13. The van der Waals surface area contributed by atoms with Gasteiger partial charge < -0.3 is 11.1 Å². The van der Waals surface area contributed by atoms with Gasteiger partial charge in [0, 0.05) is 12.7 Å². The van der Waals surface area contributed by atoms with Crippen LogP contribution >= 0.6 is 0 Å². The van der Waals surface area contributed by atoms with Gasteiger partial charge in [0.25, 0.3) is 5.91 Å². The molecule has 2 heterocycles. The van der Waals surface area contributed by atoms with Gasteiger partial charge in [-0.2, -0.15) is 5.10 Å². The molecule has 82 valence electrons. The molecule has 0 bridgehead atoms. The van der Waals surface area contributed by atoms with Crippen molar-refractivity contribution in [3.8, 4) is 0 Å². The molecule has 0 aliphatic rings. The van der Waals surface area contributed by atoms with E-state index in [1.807, 2.05) is 0 Å². The molecular formula is C10H11N5O. The molecule has 0 spiro atoms. The Morgan fingerprint density at radius 3 is 3.12 bits per heavy atom. The molecular weight excluding hydrogens is 206 g/mol. The zero-order valence-corrected chi connectivity index (χ0v) is 8.53. The van der Waals surface area contributed by atoms with Crippen molar-refractivity contribution >= 4 is 22.6 Å². The maximum atomic E-state index is 11.2. The van der Waals surface area contributed by atoms with Gasteiger partial charge in [0.05, 0.1) is 17.4 Å². The molecule has 0 aliphatic heterocycles. The summed E-state index contributed by atoms with van der Waals surface area (Å²) in [6.07, 6.45) is 4.71. The van der Waals surface area contributed by atoms with Crippen LogP contribution < -0.4 is 11.1 Å². The predicted octanol–water partition coefficient (Wildman–Crippen LogP) is 0.655. The van der Waals surface area contributed by atoms with E-state index in [0.717, 1.165) is 0 Å². The molecule has 0 atom stereocenters. The van der Waals surface area contributed by atoms with E-state index in [2.05, 4.69) is 27.1 Å². The van der Waals surface area contributed by atoms with Crippen molar-refractivity contribution in [2.75, 3.05) is 11.9 Å².